The van der Waals surface area contributed by atoms with E-state index >= 15 is 0 Å². The summed E-state index contributed by atoms with van der Waals surface area (Å²) in [5, 5.41) is 9.32. The Morgan fingerprint density at radius 2 is 1.42 bits per heavy atom. The second-order valence-electron chi connectivity index (χ2n) is 9.27. The van der Waals surface area contributed by atoms with Gasteiger partial charge in [0.2, 0.25) is 0 Å². The summed E-state index contributed by atoms with van der Waals surface area (Å²) in [7, 11) is 0. The summed E-state index contributed by atoms with van der Waals surface area (Å²) in [5.74, 6) is 0. The molecular weight excluding hydrogens is 320 g/mol. The average Bonchev–Trinajstić information content (AvgIpc) is 2.49. The smallest absolute Gasteiger partial charge is 0.269 e. The molecule has 26 heavy (non-hydrogen) atoms. The van der Waals surface area contributed by atoms with Gasteiger partial charge in [-0.3, -0.25) is 4.79 Å². The van der Waals surface area contributed by atoms with E-state index < -0.39 is 0 Å². The zero-order chi connectivity index (χ0) is 19.9. The van der Waals surface area contributed by atoms with Gasteiger partial charge in [0.05, 0.1) is 6.54 Å². The molecule has 3 heteroatoms. The molecular formula is C23H30N2O. The fourth-order valence-corrected chi connectivity index (χ4v) is 3.09. The number of hydrogen-bond donors (Lipinski definition) is 0. The summed E-state index contributed by atoms with van der Waals surface area (Å²) in [4.78, 5) is 12.8. The van der Waals surface area contributed by atoms with Crippen LogP contribution in [0, 0.1) is 25.2 Å². The van der Waals surface area contributed by atoms with E-state index in [1.807, 2.05) is 19.9 Å². The minimum Gasteiger partial charge on any atom is -0.307 e. The monoisotopic (exact) mass is 350 g/mol. The van der Waals surface area contributed by atoms with Crippen molar-refractivity contribution in [2.45, 2.75) is 72.8 Å². The van der Waals surface area contributed by atoms with Gasteiger partial charge in [0.25, 0.3) is 5.56 Å². The van der Waals surface area contributed by atoms with Crippen molar-refractivity contribution < 1.29 is 0 Å². The highest BCUT2D eigenvalue weighted by Gasteiger charge is 2.21. The molecule has 0 aliphatic carbocycles. The fraction of sp³-hybridized carbons (Fsp3) is 0.478. The van der Waals surface area contributed by atoms with Crippen LogP contribution in [-0.2, 0) is 17.4 Å². The molecule has 0 fully saturated rings. The van der Waals surface area contributed by atoms with Gasteiger partial charge in [0, 0.05) is 5.69 Å². The Morgan fingerprint density at radius 1 is 0.923 bits per heavy atom. The fourth-order valence-electron chi connectivity index (χ4n) is 3.09. The Bertz CT molecular complexity index is 897. The summed E-state index contributed by atoms with van der Waals surface area (Å²) in [6.45, 7) is 17.4. The lowest BCUT2D eigenvalue weighted by Gasteiger charge is -2.26. The van der Waals surface area contributed by atoms with Crippen LogP contribution in [0.5, 0.6) is 0 Å². The number of benzene rings is 1. The van der Waals surface area contributed by atoms with Crippen LogP contribution in [0.15, 0.2) is 29.1 Å². The van der Waals surface area contributed by atoms with E-state index in [0.717, 1.165) is 16.8 Å². The van der Waals surface area contributed by atoms with Gasteiger partial charge < -0.3 is 4.57 Å². The van der Waals surface area contributed by atoms with Crippen molar-refractivity contribution in [1.29, 1.82) is 5.26 Å². The standard InChI is InChI=1S/C23H30N2O/c1-15-9-16(2)25(21(26)20(15)13-24)14-17-10-18(22(3,4)5)12-19(11-17)23(6,7)8/h9-12H,14H2,1-8H3. The number of aryl methyl sites for hydroxylation is 2. The van der Waals surface area contributed by atoms with Crippen LogP contribution >= 0.6 is 0 Å². The number of rotatable bonds is 2. The molecule has 1 aromatic carbocycles. The van der Waals surface area contributed by atoms with Gasteiger partial charge in [-0.25, -0.2) is 0 Å². The summed E-state index contributed by atoms with van der Waals surface area (Å²) < 4.78 is 1.71. The molecule has 0 amide bonds. The molecule has 0 spiro atoms. The van der Waals surface area contributed by atoms with Gasteiger partial charge in [0.15, 0.2) is 0 Å². The highest BCUT2D eigenvalue weighted by Crippen LogP contribution is 2.30. The molecule has 2 aromatic rings. The van der Waals surface area contributed by atoms with Crippen LogP contribution in [0.25, 0.3) is 0 Å². The lowest BCUT2D eigenvalue weighted by atomic mass is 9.79. The largest absolute Gasteiger partial charge is 0.307 e. The molecule has 0 aliphatic rings. The lowest BCUT2D eigenvalue weighted by Crippen LogP contribution is -2.26. The molecule has 138 valence electrons. The third-order valence-corrected chi connectivity index (χ3v) is 4.88. The zero-order valence-electron chi connectivity index (χ0n) is 17.3. The van der Waals surface area contributed by atoms with Crippen LogP contribution in [0.2, 0.25) is 0 Å². The lowest BCUT2D eigenvalue weighted by molar-refractivity contribution is 0.565. The summed E-state index contributed by atoms with van der Waals surface area (Å²) in [5.41, 5.74) is 5.33. The van der Waals surface area contributed by atoms with E-state index in [0.29, 0.717) is 6.54 Å². The third-order valence-electron chi connectivity index (χ3n) is 4.88. The minimum atomic E-state index is -0.205. The third kappa shape index (κ3) is 4.07. The van der Waals surface area contributed by atoms with Gasteiger partial charge in [0.1, 0.15) is 11.6 Å². The molecule has 0 unspecified atom stereocenters. The molecule has 0 saturated carbocycles. The molecule has 0 saturated heterocycles. The van der Waals surface area contributed by atoms with E-state index in [9.17, 15) is 10.1 Å². The first-order valence-electron chi connectivity index (χ1n) is 9.10. The Kier molecular flexibility index (Phi) is 5.19. The van der Waals surface area contributed by atoms with Crippen LogP contribution < -0.4 is 5.56 Å². The quantitative estimate of drug-likeness (QED) is 0.767. The Hall–Kier alpha value is -2.34. The predicted molar refractivity (Wildman–Crippen MR) is 108 cm³/mol. The van der Waals surface area contributed by atoms with Crippen LogP contribution in [0.3, 0.4) is 0 Å². The predicted octanol–water partition coefficient (Wildman–Crippen LogP) is 4.98. The second kappa shape index (κ2) is 6.76. The van der Waals surface area contributed by atoms with E-state index in [1.54, 1.807) is 4.57 Å². The van der Waals surface area contributed by atoms with Gasteiger partial charge in [-0.05, 0) is 53.0 Å². The van der Waals surface area contributed by atoms with Crippen LogP contribution in [0.1, 0.15) is 75.1 Å². The molecule has 1 aromatic heterocycles. The molecule has 0 atom stereocenters. The molecule has 0 aliphatic heterocycles. The molecule has 0 N–H and O–H groups in total. The Balaban J connectivity index is 2.65. The average molecular weight is 351 g/mol. The van der Waals surface area contributed by atoms with Crippen molar-refractivity contribution in [1.82, 2.24) is 4.57 Å². The van der Waals surface area contributed by atoms with Crippen molar-refractivity contribution >= 4 is 0 Å². The van der Waals surface area contributed by atoms with E-state index in [2.05, 4.69) is 65.8 Å². The van der Waals surface area contributed by atoms with Gasteiger partial charge in [-0.1, -0.05) is 59.7 Å². The summed E-state index contributed by atoms with van der Waals surface area (Å²) >= 11 is 0. The number of nitriles is 1. The first kappa shape index (κ1) is 20.0. The molecule has 0 bridgehead atoms. The minimum absolute atomic E-state index is 0.0289. The molecule has 1 heterocycles. The zero-order valence-corrected chi connectivity index (χ0v) is 17.3. The first-order chi connectivity index (χ1) is 11.8. The van der Waals surface area contributed by atoms with Crippen LogP contribution in [-0.4, -0.2) is 4.57 Å². The SMILES string of the molecule is Cc1cc(C)n(Cc2cc(C(C)(C)C)cc(C(C)(C)C)c2)c(=O)c1C#N. The maximum absolute atomic E-state index is 12.8. The summed E-state index contributed by atoms with van der Waals surface area (Å²) in [6.07, 6.45) is 0. The maximum atomic E-state index is 12.8. The topological polar surface area (TPSA) is 45.8 Å². The van der Waals surface area contributed by atoms with Crippen molar-refractivity contribution in [3.8, 4) is 6.07 Å². The number of pyridine rings is 1. The van der Waals surface area contributed by atoms with Gasteiger partial charge in [-0.15, -0.1) is 0 Å². The Morgan fingerprint density at radius 3 is 1.85 bits per heavy atom. The maximum Gasteiger partial charge on any atom is 0.269 e. The first-order valence-corrected chi connectivity index (χ1v) is 9.10. The highest BCUT2D eigenvalue weighted by atomic mass is 16.1. The van der Waals surface area contributed by atoms with Crippen LogP contribution in [0.4, 0.5) is 0 Å². The molecule has 0 radical (unpaired) electrons. The molecule has 3 nitrogen and oxygen atoms in total. The summed E-state index contributed by atoms with van der Waals surface area (Å²) in [6, 6.07) is 10.6. The van der Waals surface area contributed by atoms with Gasteiger partial charge in [-0.2, -0.15) is 5.26 Å². The number of hydrogen-bond acceptors (Lipinski definition) is 2. The highest BCUT2D eigenvalue weighted by molar-refractivity contribution is 5.39. The van der Waals surface area contributed by atoms with Crippen molar-refractivity contribution in [3.05, 3.63) is 68.1 Å². The van der Waals surface area contributed by atoms with E-state index in [4.69, 9.17) is 0 Å². The normalized spacial score (nSPS) is 12.1. The Labute approximate surface area is 157 Å². The molecule has 2 rings (SSSR count). The van der Waals surface area contributed by atoms with Crippen molar-refractivity contribution in [2.75, 3.05) is 0 Å². The number of aromatic nitrogens is 1. The van der Waals surface area contributed by atoms with Gasteiger partial charge >= 0.3 is 0 Å². The van der Waals surface area contributed by atoms with E-state index in [-0.39, 0.29) is 22.0 Å². The second-order valence-corrected chi connectivity index (χ2v) is 9.27. The van der Waals surface area contributed by atoms with Crippen molar-refractivity contribution in [2.24, 2.45) is 0 Å². The van der Waals surface area contributed by atoms with Crippen molar-refractivity contribution in [3.63, 3.8) is 0 Å². The number of nitrogens with zero attached hydrogens (tertiary/aromatic N) is 2. The van der Waals surface area contributed by atoms with E-state index in [1.165, 1.54) is 11.1 Å².